The fourth-order valence-electron chi connectivity index (χ4n) is 3.02. The van der Waals surface area contributed by atoms with Gasteiger partial charge in [0.1, 0.15) is 0 Å². The Labute approximate surface area is 147 Å². The summed E-state index contributed by atoms with van der Waals surface area (Å²) in [5, 5.41) is 2.83. The Morgan fingerprint density at radius 1 is 1.00 bits per heavy atom. The number of para-hydroxylation sites is 1. The molecule has 6 heteroatoms. The SMILES string of the molecule is Cc1ccccc1N1CCN(C(=O)Nc2cccc(C(N)=O)c2)CC1. The highest BCUT2D eigenvalue weighted by atomic mass is 16.2. The lowest BCUT2D eigenvalue weighted by Gasteiger charge is -2.36. The number of nitrogens with one attached hydrogen (secondary N) is 1. The van der Waals surface area contributed by atoms with Gasteiger partial charge in [0.05, 0.1) is 0 Å². The summed E-state index contributed by atoms with van der Waals surface area (Å²) in [5.41, 5.74) is 8.68. The molecule has 1 fully saturated rings. The first-order chi connectivity index (χ1) is 12.0. The third-order valence-electron chi connectivity index (χ3n) is 4.42. The van der Waals surface area contributed by atoms with Crippen molar-refractivity contribution >= 4 is 23.3 Å². The molecule has 1 saturated heterocycles. The lowest BCUT2D eigenvalue weighted by molar-refractivity contribution is 0.1000. The highest BCUT2D eigenvalue weighted by molar-refractivity contribution is 5.95. The second-order valence-electron chi connectivity index (χ2n) is 6.14. The molecule has 2 aromatic rings. The number of amides is 3. The normalized spacial score (nSPS) is 14.3. The van der Waals surface area contributed by atoms with Crippen LogP contribution in [0, 0.1) is 6.92 Å². The van der Waals surface area contributed by atoms with Crippen LogP contribution < -0.4 is 16.0 Å². The molecule has 3 N–H and O–H groups in total. The number of primary amides is 1. The Morgan fingerprint density at radius 3 is 2.40 bits per heavy atom. The molecular weight excluding hydrogens is 316 g/mol. The largest absolute Gasteiger partial charge is 0.368 e. The lowest BCUT2D eigenvalue weighted by atomic mass is 10.1. The summed E-state index contributed by atoms with van der Waals surface area (Å²) in [4.78, 5) is 27.8. The van der Waals surface area contributed by atoms with Crippen molar-refractivity contribution in [2.45, 2.75) is 6.92 Å². The number of benzene rings is 2. The molecule has 3 amide bonds. The van der Waals surface area contributed by atoms with Gasteiger partial charge in [0.2, 0.25) is 5.91 Å². The number of anilines is 2. The number of hydrogen-bond acceptors (Lipinski definition) is 3. The van der Waals surface area contributed by atoms with Crippen LogP contribution in [0.3, 0.4) is 0 Å². The highest BCUT2D eigenvalue weighted by Gasteiger charge is 2.22. The molecule has 0 radical (unpaired) electrons. The topological polar surface area (TPSA) is 78.7 Å². The summed E-state index contributed by atoms with van der Waals surface area (Å²) in [6, 6.07) is 14.8. The van der Waals surface area contributed by atoms with E-state index in [9.17, 15) is 9.59 Å². The molecule has 25 heavy (non-hydrogen) atoms. The minimum atomic E-state index is -0.511. The zero-order chi connectivity index (χ0) is 17.8. The van der Waals surface area contributed by atoms with Gasteiger partial charge in [-0.3, -0.25) is 4.79 Å². The Bertz CT molecular complexity index is 782. The molecule has 1 heterocycles. The summed E-state index contributed by atoms with van der Waals surface area (Å²) in [7, 11) is 0. The Morgan fingerprint density at radius 2 is 1.72 bits per heavy atom. The van der Waals surface area contributed by atoms with Crippen molar-refractivity contribution < 1.29 is 9.59 Å². The Kier molecular flexibility index (Phi) is 4.88. The first kappa shape index (κ1) is 16.8. The minimum Gasteiger partial charge on any atom is -0.368 e. The van der Waals surface area contributed by atoms with E-state index in [1.807, 2.05) is 12.1 Å². The Balaban J connectivity index is 1.59. The number of urea groups is 1. The zero-order valence-corrected chi connectivity index (χ0v) is 14.2. The van der Waals surface area contributed by atoms with Crippen molar-refractivity contribution in [3.8, 4) is 0 Å². The number of nitrogens with two attached hydrogens (primary N) is 1. The van der Waals surface area contributed by atoms with Crippen LogP contribution in [0.2, 0.25) is 0 Å². The standard InChI is InChI=1S/C19H22N4O2/c1-14-5-2-3-8-17(14)22-9-11-23(12-10-22)19(25)21-16-7-4-6-15(13-16)18(20)24/h2-8,13H,9-12H2,1H3,(H2,20,24)(H,21,25). The molecule has 0 aromatic heterocycles. The third-order valence-corrected chi connectivity index (χ3v) is 4.42. The molecule has 0 saturated carbocycles. The number of carbonyl (C=O) groups is 2. The van der Waals surface area contributed by atoms with E-state index in [1.165, 1.54) is 11.3 Å². The summed E-state index contributed by atoms with van der Waals surface area (Å²) in [6.45, 7) is 4.98. The van der Waals surface area contributed by atoms with Crippen LogP contribution in [0.15, 0.2) is 48.5 Å². The molecule has 0 unspecified atom stereocenters. The van der Waals surface area contributed by atoms with E-state index in [4.69, 9.17) is 5.73 Å². The van der Waals surface area contributed by atoms with Crippen LogP contribution in [0.1, 0.15) is 15.9 Å². The van der Waals surface area contributed by atoms with Gasteiger partial charge in [-0.1, -0.05) is 24.3 Å². The molecule has 0 atom stereocenters. The molecule has 130 valence electrons. The summed E-state index contributed by atoms with van der Waals surface area (Å²) in [5.74, 6) is -0.511. The summed E-state index contributed by atoms with van der Waals surface area (Å²) >= 11 is 0. The number of hydrogen-bond donors (Lipinski definition) is 2. The van der Waals surface area contributed by atoms with Gasteiger partial charge in [-0.15, -0.1) is 0 Å². The molecular formula is C19H22N4O2. The van der Waals surface area contributed by atoms with Crippen LogP contribution in [-0.2, 0) is 0 Å². The van der Waals surface area contributed by atoms with Crippen molar-refractivity contribution in [1.82, 2.24) is 4.90 Å². The van der Waals surface area contributed by atoms with Crippen molar-refractivity contribution in [2.75, 3.05) is 36.4 Å². The van der Waals surface area contributed by atoms with E-state index in [2.05, 4.69) is 29.3 Å². The predicted molar refractivity (Wildman–Crippen MR) is 98.9 cm³/mol. The molecule has 2 aromatic carbocycles. The number of carbonyl (C=O) groups excluding carboxylic acids is 2. The van der Waals surface area contributed by atoms with E-state index in [0.717, 1.165) is 13.1 Å². The maximum Gasteiger partial charge on any atom is 0.321 e. The summed E-state index contributed by atoms with van der Waals surface area (Å²) < 4.78 is 0. The second kappa shape index (κ2) is 7.25. The number of aryl methyl sites for hydroxylation is 1. The molecule has 6 nitrogen and oxygen atoms in total. The van der Waals surface area contributed by atoms with Crippen LogP contribution in [0.4, 0.5) is 16.2 Å². The van der Waals surface area contributed by atoms with Crippen molar-refractivity contribution in [2.24, 2.45) is 5.73 Å². The third kappa shape index (κ3) is 3.91. The fourth-order valence-corrected chi connectivity index (χ4v) is 3.02. The average molecular weight is 338 g/mol. The van der Waals surface area contributed by atoms with Crippen molar-refractivity contribution in [1.29, 1.82) is 0 Å². The van der Waals surface area contributed by atoms with Gasteiger partial charge in [-0.2, -0.15) is 0 Å². The highest BCUT2D eigenvalue weighted by Crippen LogP contribution is 2.21. The van der Waals surface area contributed by atoms with Crippen LogP contribution in [-0.4, -0.2) is 43.0 Å². The van der Waals surface area contributed by atoms with E-state index in [0.29, 0.717) is 24.3 Å². The summed E-state index contributed by atoms with van der Waals surface area (Å²) in [6.07, 6.45) is 0. The Hall–Kier alpha value is -3.02. The first-order valence-corrected chi connectivity index (χ1v) is 8.31. The predicted octanol–water partition coefficient (Wildman–Crippen LogP) is 2.45. The van der Waals surface area contributed by atoms with Crippen LogP contribution >= 0.6 is 0 Å². The number of nitrogens with zero attached hydrogens (tertiary/aromatic N) is 2. The first-order valence-electron chi connectivity index (χ1n) is 8.31. The van der Waals surface area contributed by atoms with Gasteiger partial charge >= 0.3 is 6.03 Å². The maximum atomic E-state index is 12.4. The van der Waals surface area contributed by atoms with Gasteiger partial charge in [-0.05, 0) is 36.8 Å². The molecule has 0 bridgehead atoms. The monoisotopic (exact) mass is 338 g/mol. The van der Waals surface area contributed by atoms with Crippen molar-refractivity contribution in [3.05, 3.63) is 59.7 Å². The van der Waals surface area contributed by atoms with E-state index < -0.39 is 5.91 Å². The molecule has 0 aliphatic carbocycles. The van der Waals surface area contributed by atoms with Gasteiger partial charge in [0, 0.05) is 43.1 Å². The number of piperazine rings is 1. The van der Waals surface area contributed by atoms with E-state index >= 15 is 0 Å². The van der Waals surface area contributed by atoms with E-state index in [1.54, 1.807) is 29.2 Å². The van der Waals surface area contributed by atoms with Crippen LogP contribution in [0.25, 0.3) is 0 Å². The number of rotatable bonds is 3. The van der Waals surface area contributed by atoms with Gasteiger partial charge in [-0.25, -0.2) is 4.79 Å². The van der Waals surface area contributed by atoms with Gasteiger partial charge in [0.15, 0.2) is 0 Å². The average Bonchev–Trinajstić information content (AvgIpc) is 2.62. The van der Waals surface area contributed by atoms with Gasteiger partial charge in [0.25, 0.3) is 0 Å². The van der Waals surface area contributed by atoms with Gasteiger partial charge < -0.3 is 20.9 Å². The zero-order valence-electron chi connectivity index (χ0n) is 14.2. The molecule has 1 aliphatic heterocycles. The molecule has 0 spiro atoms. The van der Waals surface area contributed by atoms with Crippen molar-refractivity contribution in [3.63, 3.8) is 0 Å². The lowest BCUT2D eigenvalue weighted by Crippen LogP contribution is -2.50. The minimum absolute atomic E-state index is 0.161. The smallest absolute Gasteiger partial charge is 0.321 e. The molecule has 3 rings (SSSR count). The quantitative estimate of drug-likeness (QED) is 0.902. The maximum absolute atomic E-state index is 12.4. The van der Waals surface area contributed by atoms with Crippen LogP contribution in [0.5, 0.6) is 0 Å². The van der Waals surface area contributed by atoms with E-state index in [-0.39, 0.29) is 6.03 Å². The second-order valence-corrected chi connectivity index (χ2v) is 6.14. The molecule has 1 aliphatic rings. The fraction of sp³-hybridized carbons (Fsp3) is 0.263.